The SMILES string of the molecule is Cc1ccc2c(c1O)C[C@@H](C1CCN(Cc3cc(C(F)(F)F)cc(C(F)(F)F)c3)CC1)O[C@H]2CN.Cl.Cl. The summed E-state index contributed by atoms with van der Waals surface area (Å²) < 4.78 is 85.3. The van der Waals surface area contributed by atoms with E-state index in [1.165, 1.54) is 0 Å². The highest BCUT2D eigenvalue weighted by atomic mass is 35.5. The second kappa shape index (κ2) is 12.0. The number of piperidine rings is 1. The number of hydrogen-bond acceptors (Lipinski definition) is 4. The first-order valence-corrected chi connectivity index (χ1v) is 11.5. The van der Waals surface area contributed by atoms with Crippen LogP contribution in [0, 0.1) is 12.8 Å². The van der Waals surface area contributed by atoms with Crippen LogP contribution in [0.25, 0.3) is 0 Å². The molecular formula is C25H30Cl2F6N2O2. The van der Waals surface area contributed by atoms with Crippen LogP contribution in [0.5, 0.6) is 5.75 Å². The van der Waals surface area contributed by atoms with Gasteiger partial charge in [0.25, 0.3) is 0 Å². The summed E-state index contributed by atoms with van der Waals surface area (Å²) in [5.74, 6) is 0.386. The Balaban J connectivity index is 0.00000241. The third-order valence-corrected chi connectivity index (χ3v) is 7.04. The molecule has 0 unspecified atom stereocenters. The second-order valence-corrected chi connectivity index (χ2v) is 9.43. The lowest BCUT2D eigenvalue weighted by atomic mass is 9.83. The Morgan fingerprint density at radius 1 is 0.973 bits per heavy atom. The van der Waals surface area contributed by atoms with Crippen molar-refractivity contribution in [1.29, 1.82) is 0 Å². The molecule has 0 aromatic heterocycles. The number of nitrogens with zero attached hydrogens (tertiary/aromatic N) is 1. The molecule has 2 aromatic carbocycles. The Kier molecular flexibility index (Phi) is 10.2. The molecule has 2 atom stereocenters. The predicted octanol–water partition coefficient (Wildman–Crippen LogP) is 6.44. The number of likely N-dealkylation sites (tertiary alicyclic amines) is 1. The minimum atomic E-state index is -4.86. The average molecular weight is 575 g/mol. The van der Waals surface area contributed by atoms with E-state index in [1.807, 2.05) is 24.0 Å². The number of aromatic hydroxyl groups is 1. The second-order valence-electron chi connectivity index (χ2n) is 9.43. The molecule has 37 heavy (non-hydrogen) atoms. The van der Waals surface area contributed by atoms with Gasteiger partial charge in [-0.3, -0.25) is 4.90 Å². The molecule has 0 radical (unpaired) electrons. The Hall–Kier alpha value is -1.72. The Morgan fingerprint density at radius 2 is 1.54 bits per heavy atom. The lowest BCUT2D eigenvalue weighted by molar-refractivity contribution is -0.143. The summed E-state index contributed by atoms with van der Waals surface area (Å²) >= 11 is 0. The van der Waals surface area contributed by atoms with Crippen molar-refractivity contribution in [2.75, 3.05) is 19.6 Å². The van der Waals surface area contributed by atoms with Crippen molar-refractivity contribution < 1.29 is 36.2 Å². The number of hydrogen-bond donors (Lipinski definition) is 2. The first-order valence-electron chi connectivity index (χ1n) is 11.5. The molecule has 4 rings (SSSR count). The first kappa shape index (κ1) is 31.5. The highest BCUT2D eigenvalue weighted by Gasteiger charge is 2.38. The molecular weight excluding hydrogens is 545 g/mol. The molecule has 0 spiro atoms. The lowest BCUT2D eigenvalue weighted by Gasteiger charge is -2.40. The van der Waals surface area contributed by atoms with Crippen LogP contribution in [-0.4, -0.2) is 35.7 Å². The number of fused-ring (bicyclic) bond motifs is 1. The van der Waals surface area contributed by atoms with E-state index in [1.54, 1.807) is 0 Å². The average Bonchev–Trinajstić information content (AvgIpc) is 2.80. The van der Waals surface area contributed by atoms with Crippen molar-refractivity contribution in [1.82, 2.24) is 4.90 Å². The first-order chi connectivity index (χ1) is 16.4. The highest BCUT2D eigenvalue weighted by molar-refractivity contribution is 5.85. The van der Waals surface area contributed by atoms with Gasteiger partial charge in [-0.15, -0.1) is 24.8 Å². The summed E-state index contributed by atoms with van der Waals surface area (Å²) in [7, 11) is 0. The number of alkyl halides is 6. The normalized spacial score (nSPS) is 21.1. The number of phenols is 1. The van der Waals surface area contributed by atoms with E-state index in [9.17, 15) is 31.4 Å². The summed E-state index contributed by atoms with van der Waals surface area (Å²) in [5, 5.41) is 10.6. The van der Waals surface area contributed by atoms with Gasteiger partial charge < -0.3 is 15.6 Å². The third kappa shape index (κ3) is 7.03. The summed E-state index contributed by atoms with van der Waals surface area (Å²) in [4.78, 5) is 1.87. The molecule has 3 N–H and O–H groups in total. The van der Waals surface area contributed by atoms with Crippen molar-refractivity contribution in [2.45, 2.75) is 57.3 Å². The van der Waals surface area contributed by atoms with Crippen molar-refractivity contribution in [2.24, 2.45) is 11.7 Å². The molecule has 4 nitrogen and oxygen atoms in total. The van der Waals surface area contributed by atoms with Crippen molar-refractivity contribution in [3.63, 3.8) is 0 Å². The quantitative estimate of drug-likeness (QED) is 0.413. The number of ether oxygens (including phenoxy) is 1. The number of nitrogens with two attached hydrogens (primary N) is 1. The van der Waals surface area contributed by atoms with E-state index < -0.39 is 23.5 Å². The van der Waals surface area contributed by atoms with Crippen molar-refractivity contribution in [3.05, 3.63) is 63.7 Å². The van der Waals surface area contributed by atoms with E-state index in [4.69, 9.17) is 10.5 Å². The smallest absolute Gasteiger partial charge is 0.416 e. The highest BCUT2D eigenvalue weighted by Crippen LogP contribution is 2.41. The van der Waals surface area contributed by atoms with E-state index in [2.05, 4.69) is 0 Å². The van der Waals surface area contributed by atoms with Gasteiger partial charge >= 0.3 is 12.4 Å². The molecule has 0 saturated carbocycles. The minimum Gasteiger partial charge on any atom is -0.507 e. The van der Waals surface area contributed by atoms with Gasteiger partial charge in [-0.05, 0) is 73.7 Å². The number of aryl methyl sites for hydroxylation is 1. The van der Waals surface area contributed by atoms with E-state index in [0.29, 0.717) is 32.4 Å². The predicted molar refractivity (Wildman–Crippen MR) is 132 cm³/mol. The number of rotatable bonds is 4. The monoisotopic (exact) mass is 574 g/mol. The van der Waals surface area contributed by atoms with Crippen LogP contribution in [0.1, 0.15) is 52.3 Å². The van der Waals surface area contributed by atoms with Crippen molar-refractivity contribution >= 4 is 24.8 Å². The molecule has 2 aliphatic heterocycles. The zero-order valence-electron chi connectivity index (χ0n) is 20.0. The zero-order valence-corrected chi connectivity index (χ0v) is 21.7. The molecule has 0 amide bonds. The van der Waals surface area contributed by atoms with Gasteiger partial charge in [0.2, 0.25) is 0 Å². The molecule has 1 saturated heterocycles. The molecule has 2 aliphatic rings. The number of benzene rings is 2. The van der Waals surface area contributed by atoms with Gasteiger partial charge in [-0.2, -0.15) is 26.3 Å². The lowest BCUT2D eigenvalue weighted by Crippen LogP contribution is -2.42. The molecule has 0 bridgehead atoms. The summed E-state index contributed by atoms with van der Waals surface area (Å²) in [6.45, 7) is 3.12. The topological polar surface area (TPSA) is 58.7 Å². The van der Waals surface area contributed by atoms with Crippen LogP contribution >= 0.6 is 24.8 Å². The largest absolute Gasteiger partial charge is 0.507 e. The van der Waals surface area contributed by atoms with Gasteiger partial charge in [0.1, 0.15) is 5.75 Å². The Morgan fingerprint density at radius 3 is 2.05 bits per heavy atom. The minimum absolute atomic E-state index is 0. The zero-order chi connectivity index (χ0) is 25.5. The van der Waals surface area contributed by atoms with Gasteiger partial charge in [-0.1, -0.05) is 12.1 Å². The number of halogens is 8. The standard InChI is InChI=1S/C25H28F6N2O2.2ClH/c1-14-2-3-19-20(23(14)34)11-21(35-22(19)12-32)16-4-6-33(7-5-16)13-15-8-17(24(26,27)28)10-18(9-15)25(29,30)31;;/h2-3,8-10,16,21-22,34H,4-7,11-13,32H2,1H3;2*1H/t21-,22-;;/m0../s1. The van der Waals surface area contributed by atoms with Gasteiger partial charge in [-0.25, -0.2) is 0 Å². The van der Waals surface area contributed by atoms with Crippen LogP contribution in [0.15, 0.2) is 30.3 Å². The summed E-state index contributed by atoms with van der Waals surface area (Å²) in [6, 6.07) is 5.49. The fraction of sp³-hybridized carbons (Fsp3) is 0.520. The van der Waals surface area contributed by atoms with Gasteiger partial charge in [0.15, 0.2) is 0 Å². The fourth-order valence-electron chi connectivity index (χ4n) is 5.13. The molecule has 12 heteroatoms. The summed E-state index contributed by atoms with van der Waals surface area (Å²) in [6.07, 6.45) is -8.34. The molecule has 208 valence electrons. The van der Waals surface area contributed by atoms with E-state index in [0.717, 1.165) is 28.8 Å². The maximum absolute atomic E-state index is 13.2. The number of phenolic OH excluding ortho intramolecular Hbond substituents is 1. The van der Waals surface area contributed by atoms with Crippen LogP contribution in [0.4, 0.5) is 26.3 Å². The van der Waals surface area contributed by atoms with Gasteiger partial charge in [0.05, 0.1) is 23.3 Å². The van der Waals surface area contributed by atoms with Crippen LogP contribution in [0.2, 0.25) is 0 Å². The molecule has 2 heterocycles. The Labute approximate surface area is 224 Å². The summed E-state index contributed by atoms with van der Waals surface area (Å²) in [5.41, 5.74) is 5.80. The molecule has 1 fully saturated rings. The molecule has 2 aromatic rings. The molecule has 0 aliphatic carbocycles. The maximum Gasteiger partial charge on any atom is 0.416 e. The van der Waals surface area contributed by atoms with Crippen molar-refractivity contribution in [3.8, 4) is 5.75 Å². The van der Waals surface area contributed by atoms with Gasteiger partial charge in [0, 0.05) is 25.1 Å². The third-order valence-electron chi connectivity index (χ3n) is 7.04. The van der Waals surface area contributed by atoms with Crippen LogP contribution in [-0.2, 0) is 30.1 Å². The van der Waals surface area contributed by atoms with E-state index in [-0.39, 0.29) is 73.4 Å². The maximum atomic E-state index is 13.2. The van der Waals surface area contributed by atoms with Crippen LogP contribution < -0.4 is 5.73 Å². The Bertz CT molecular complexity index is 1040. The van der Waals surface area contributed by atoms with E-state index >= 15 is 0 Å². The fourth-order valence-corrected chi connectivity index (χ4v) is 5.13. The van der Waals surface area contributed by atoms with Crippen LogP contribution in [0.3, 0.4) is 0 Å².